The molecule has 0 saturated carbocycles. The van der Waals surface area contributed by atoms with E-state index in [9.17, 15) is 14.7 Å². The van der Waals surface area contributed by atoms with Gasteiger partial charge in [0, 0.05) is 41.5 Å². The van der Waals surface area contributed by atoms with E-state index in [0.29, 0.717) is 66.6 Å². The third-order valence-corrected chi connectivity index (χ3v) is 9.47. The highest BCUT2D eigenvalue weighted by Gasteiger charge is 2.35. The van der Waals surface area contributed by atoms with Crippen LogP contribution in [-0.2, 0) is 17.6 Å². The van der Waals surface area contributed by atoms with Crippen LogP contribution in [-0.4, -0.2) is 56.2 Å². The Morgan fingerprint density at radius 2 is 1.83 bits per heavy atom. The maximum atomic E-state index is 15.7. The zero-order valence-corrected chi connectivity index (χ0v) is 27.4. The number of rotatable bonds is 7. The van der Waals surface area contributed by atoms with Crippen LogP contribution in [0.2, 0.25) is 0 Å². The van der Waals surface area contributed by atoms with Crippen LogP contribution in [0.4, 0.5) is 4.39 Å². The molecule has 1 amide bonds. The maximum Gasteiger partial charge on any atom is 0.311 e. The van der Waals surface area contributed by atoms with Gasteiger partial charge >= 0.3 is 5.97 Å². The number of hydrogen-bond donors (Lipinski definition) is 1. The molecule has 4 heterocycles. The molecule has 1 atom stereocenters. The van der Waals surface area contributed by atoms with Gasteiger partial charge in [0.25, 0.3) is 5.91 Å². The van der Waals surface area contributed by atoms with Crippen molar-refractivity contribution < 1.29 is 23.8 Å². The van der Waals surface area contributed by atoms with Crippen molar-refractivity contribution in [1.29, 1.82) is 0 Å². The highest BCUT2D eigenvalue weighted by atomic mass is 19.1. The van der Waals surface area contributed by atoms with Crippen LogP contribution in [0, 0.1) is 31.0 Å². The number of carbonyl (C=O) groups is 2. The number of likely N-dealkylation sites (tertiary alicyclic amines) is 1. The van der Waals surface area contributed by atoms with Crippen molar-refractivity contribution in [3.05, 3.63) is 81.9 Å². The fourth-order valence-corrected chi connectivity index (χ4v) is 7.19. The van der Waals surface area contributed by atoms with E-state index in [2.05, 4.69) is 24.3 Å². The molecule has 2 aromatic heterocycles. The molecular weight excluding hydrogens is 583 g/mol. The molecule has 0 unspecified atom stereocenters. The molecule has 2 aliphatic rings. The van der Waals surface area contributed by atoms with Crippen LogP contribution in [0.5, 0.6) is 5.75 Å². The lowest BCUT2D eigenvalue weighted by molar-refractivity contribution is -0.139. The van der Waals surface area contributed by atoms with Crippen LogP contribution < -0.4 is 4.74 Å². The average molecular weight is 627 g/mol. The van der Waals surface area contributed by atoms with Gasteiger partial charge < -0.3 is 14.7 Å². The minimum atomic E-state index is -0.985. The lowest BCUT2D eigenvalue weighted by Gasteiger charge is -2.31. The summed E-state index contributed by atoms with van der Waals surface area (Å²) in [5.41, 5.74) is 5.26. The Balaban J connectivity index is 1.43. The first-order valence-corrected chi connectivity index (χ1v) is 16.3. The third kappa shape index (κ3) is 6.24. The second kappa shape index (κ2) is 12.5. The van der Waals surface area contributed by atoms with Gasteiger partial charge in [0.1, 0.15) is 0 Å². The van der Waals surface area contributed by atoms with E-state index < -0.39 is 17.7 Å². The standard InChI is InChI=1S/C37H43FN4O4/c1-22-26-12-9-17-46-34(26)29(38)19-27(22)33-32(28(36(44)45)21-37(3,4)5)23(2)39-31-20-30(40-42(31)33)35(43)41-15-13-25(14-16-41)18-24-10-7-6-8-11-24/h6-8,10-11,19-20,25,28H,9,12-18,21H2,1-5H3,(H,44,45)/t28-/m0/s1. The Labute approximate surface area is 269 Å². The number of aliphatic carboxylic acids is 1. The molecule has 1 N–H and O–H groups in total. The molecule has 0 aliphatic carbocycles. The fraction of sp³-hybridized carbons (Fsp3) is 0.459. The van der Waals surface area contributed by atoms with E-state index in [0.717, 1.165) is 36.8 Å². The third-order valence-electron chi connectivity index (χ3n) is 9.47. The van der Waals surface area contributed by atoms with Crippen LogP contribution in [0.1, 0.15) is 90.8 Å². The number of nitrogens with zero attached hydrogens (tertiary/aromatic N) is 4. The summed E-state index contributed by atoms with van der Waals surface area (Å²) in [6, 6.07) is 13.5. The Bertz CT molecular complexity index is 1790. The highest BCUT2D eigenvalue weighted by molar-refractivity contribution is 5.94. The van der Waals surface area contributed by atoms with E-state index >= 15 is 4.39 Å². The first-order valence-electron chi connectivity index (χ1n) is 16.3. The number of ether oxygens (including phenoxy) is 1. The maximum absolute atomic E-state index is 15.7. The normalized spacial score (nSPS) is 16.3. The molecule has 1 fully saturated rings. The topological polar surface area (TPSA) is 97.0 Å². The van der Waals surface area contributed by atoms with Gasteiger partial charge in [-0.15, -0.1) is 0 Å². The largest absolute Gasteiger partial charge is 0.490 e. The van der Waals surface area contributed by atoms with Crippen LogP contribution in [0.25, 0.3) is 16.9 Å². The molecule has 1 saturated heterocycles. The van der Waals surface area contributed by atoms with Gasteiger partial charge in [-0.1, -0.05) is 51.1 Å². The molecule has 0 radical (unpaired) electrons. The van der Waals surface area contributed by atoms with Gasteiger partial charge in [0.05, 0.1) is 18.2 Å². The number of fused-ring (bicyclic) bond motifs is 2. The Kier molecular flexibility index (Phi) is 8.61. The monoisotopic (exact) mass is 626 g/mol. The number of aryl methyl sites for hydroxylation is 1. The molecule has 2 aliphatic heterocycles. The Hall–Kier alpha value is -4.27. The van der Waals surface area contributed by atoms with Crippen LogP contribution >= 0.6 is 0 Å². The first-order chi connectivity index (χ1) is 21.9. The zero-order valence-electron chi connectivity index (χ0n) is 27.4. The highest BCUT2D eigenvalue weighted by Crippen LogP contribution is 2.43. The minimum absolute atomic E-state index is 0.181. The van der Waals surface area contributed by atoms with Crippen LogP contribution in [0.3, 0.4) is 0 Å². The SMILES string of the molecule is Cc1nc2cc(C(=O)N3CCC(Cc4ccccc4)CC3)nn2c(-c2cc(F)c3c(c2C)CCCO3)c1[C@H](CC(C)(C)C)C(=O)O. The first kappa shape index (κ1) is 31.7. The summed E-state index contributed by atoms with van der Waals surface area (Å²) in [6.07, 6.45) is 4.56. The number of hydrogen-bond acceptors (Lipinski definition) is 5. The van der Waals surface area contributed by atoms with E-state index in [1.807, 2.05) is 38.7 Å². The Morgan fingerprint density at radius 3 is 2.50 bits per heavy atom. The summed E-state index contributed by atoms with van der Waals surface area (Å²) in [6.45, 7) is 11.4. The van der Waals surface area contributed by atoms with E-state index in [1.54, 1.807) is 17.5 Å². The molecule has 6 rings (SSSR count). The number of carboxylic acids is 1. The average Bonchev–Trinajstić information content (AvgIpc) is 3.45. The molecule has 0 bridgehead atoms. The minimum Gasteiger partial charge on any atom is -0.490 e. The van der Waals surface area contributed by atoms with Gasteiger partial charge in [0.2, 0.25) is 0 Å². The van der Waals surface area contributed by atoms with Gasteiger partial charge in [0.15, 0.2) is 22.9 Å². The quantitative estimate of drug-likeness (QED) is 0.234. The summed E-state index contributed by atoms with van der Waals surface area (Å²) in [5.74, 6) is -1.82. The summed E-state index contributed by atoms with van der Waals surface area (Å²) >= 11 is 0. The molecule has 46 heavy (non-hydrogen) atoms. The molecule has 0 spiro atoms. The molecule has 4 aromatic rings. The van der Waals surface area contributed by atoms with E-state index in [-0.39, 0.29) is 22.8 Å². The molecule has 8 nitrogen and oxygen atoms in total. The number of halogens is 1. The predicted molar refractivity (Wildman–Crippen MR) is 175 cm³/mol. The van der Waals surface area contributed by atoms with Crippen molar-refractivity contribution in [3.8, 4) is 17.0 Å². The number of aromatic nitrogens is 3. The number of carboxylic acid groups (broad SMARTS) is 1. The van der Waals surface area contributed by atoms with E-state index in [1.165, 1.54) is 11.6 Å². The van der Waals surface area contributed by atoms with Gasteiger partial charge in [-0.3, -0.25) is 9.59 Å². The molecule has 9 heteroatoms. The van der Waals surface area contributed by atoms with Gasteiger partial charge in [-0.2, -0.15) is 5.10 Å². The lowest BCUT2D eigenvalue weighted by Crippen LogP contribution is -2.39. The van der Waals surface area contributed by atoms with Crippen molar-refractivity contribution in [2.24, 2.45) is 11.3 Å². The smallest absolute Gasteiger partial charge is 0.311 e. The second-order valence-corrected chi connectivity index (χ2v) is 14.1. The van der Waals surface area contributed by atoms with E-state index in [4.69, 9.17) is 14.8 Å². The van der Waals surface area contributed by atoms with Crippen molar-refractivity contribution >= 4 is 17.5 Å². The predicted octanol–water partition coefficient (Wildman–Crippen LogP) is 7.18. The van der Waals surface area contributed by atoms with Crippen molar-refractivity contribution in [2.45, 2.75) is 79.1 Å². The second-order valence-electron chi connectivity index (χ2n) is 14.1. The Morgan fingerprint density at radius 1 is 1.11 bits per heavy atom. The summed E-state index contributed by atoms with van der Waals surface area (Å²) in [5, 5.41) is 15.3. The number of benzene rings is 2. The summed E-state index contributed by atoms with van der Waals surface area (Å²) < 4.78 is 22.9. The number of amides is 1. The van der Waals surface area contributed by atoms with Crippen molar-refractivity contribution in [3.63, 3.8) is 0 Å². The fourth-order valence-electron chi connectivity index (χ4n) is 7.19. The summed E-state index contributed by atoms with van der Waals surface area (Å²) in [4.78, 5) is 33.4. The van der Waals surface area contributed by atoms with Crippen LogP contribution in [0.15, 0.2) is 42.5 Å². The van der Waals surface area contributed by atoms with Crippen molar-refractivity contribution in [2.75, 3.05) is 19.7 Å². The molecule has 2 aromatic carbocycles. The number of carbonyl (C=O) groups excluding carboxylic acids is 1. The van der Waals surface area contributed by atoms with Gasteiger partial charge in [-0.25, -0.2) is 13.9 Å². The van der Waals surface area contributed by atoms with Crippen molar-refractivity contribution in [1.82, 2.24) is 19.5 Å². The zero-order chi connectivity index (χ0) is 32.7. The molecule has 242 valence electrons. The number of piperidine rings is 1. The van der Waals surface area contributed by atoms with Gasteiger partial charge in [-0.05, 0) is 80.9 Å². The molecular formula is C37H43FN4O4. The lowest BCUT2D eigenvalue weighted by atomic mass is 9.79. The summed E-state index contributed by atoms with van der Waals surface area (Å²) in [7, 11) is 0.